The molecule has 1 spiro atoms. The number of amides is 2. The van der Waals surface area contributed by atoms with E-state index >= 15 is 0 Å². The summed E-state index contributed by atoms with van der Waals surface area (Å²) in [6.45, 7) is 2.80. The molecule has 0 saturated carbocycles. The zero-order valence-electron chi connectivity index (χ0n) is 22.4. The quantitative estimate of drug-likeness (QED) is 0.420. The number of piperidine rings is 1. The van der Waals surface area contributed by atoms with Gasteiger partial charge in [0.15, 0.2) is 0 Å². The maximum absolute atomic E-state index is 13.7. The number of aromatic nitrogens is 5. The summed E-state index contributed by atoms with van der Waals surface area (Å²) in [5, 5.41) is 16.1. The second-order valence-corrected chi connectivity index (χ2v) is 10.6. The summed E-state index contributed by atoms with van der Waals surface area (Å²) in [6.07, 6.45) is 8.62. The van der Waals surface area contributed by atoms with E-state index < -0.39 is 5.41 Å². The summed E-state index contributed by atoms with van der Waals surface area (Å²) in [4.78, 5) is 29.0. The van der Waals surface area contributed by atoms with Crippen molar-refractivity contribution in [1.82, 2.24) is 35.0 Å². The van der Waals surface area contributed by atoms with E-state index in [1.54, 1.807) is 10.9 Å². The summed E-state index contributed by atoms with van der Waals surface area (Å²) >= 11 is 0. The minimum absolute atomic E-state index is 0.0131. The molecular formula is C30H33N7O3. The van der Waals surface area contributed by atoms with Gasteiger partial charge in [0, 0.05) is 63.2 Å². The highest BCUT2D eigenvalue weighted by Crippen LogP contribution is 2.36. The Morgan fingerprint density at radius 3 is 2.67 bits per heavy atom. The number of likely N-dealkylation sites (tertiary alicyclic amines) is 1. The number of hydrogen-bond donors (Lipinski definition) is 1. The smallest absolute Gasteiger partial charge is 0.253 e. The number of benzene rings is 2. The van der Waals surface area contributed by atoms with Crippen molar-refractivity contribution in [2.45, 2.75) is 38.6 Å². The van der Waals surface area contributed by atoms with Gasteiger partial charge in [0.25, 0.3) is 5.91 Å². The van der Waals surface area contributed by atoms with Gasteiger partial charge in [-0.3, -0.25) is 14.3 Å². The lowest BCUT2D eigenvalue weighted by Gasteiger charge is -2.40. The Bertz CT molecular complexity index is 1450. The fourth-order valence-corrected chi connectivity index (χ4v) is 5.56. The van der Waals surface area contributed by atoms with Gasteiger partial charge >= 0.3 is 0 Å². The molecule has 2 aromatic carbocycles. The van der Waals surface area contributed by atoms with Crippen molar-refractivity contribution in [3.63, 3.8) is 0 Å². The maximum Gasteiger partial charge on any atom is 0.253 e. The molecule has 10 nitrogen and oxygen atoms in total. The Morgan fingerprint density at radius 1 is 1.02 bits per heavy atom. The van der Waals surface area contributed by atoms with E-state index in [9.17, 15) is 9.59 Å². The summed E-state index contributed by atoms with van der Waals surface area (Å²) < 4.78 is 9.41. The van der Waals surface area contributed by atoms with Crippen LogP contribution in [-0.2, 0) is 24.2 Å². The summed E-state index contributed by atoms with van der Waals surface area (Å²) in [7, 11) is 0. The lowest BCUT2D eigenvalue weighted by molar-refractivity contribution is -0.133. The Labute approximate surface area is 232 Å². The van der Waals surface area contributed by atoms with Gasteiger partial charge in [-0.05, 0) is 61.2 Å². The number of rotatable bonds is 2. The molecule has 0 aliphatic carbocycles. The maximum atomic E-state index is 13.7. The Balaban J connectivity index is 1.19. The van der Waals surface area contributed by atoms with Gasteiger partial charge in [-0.25, -0.2) is 4.68 Å². The highest BCUT2D eigenvalue weighted by atomic mass is 16.5. The van der Waals surface area contributed by atoms with Crippen LogP contribution in [0.1, 0.15) is 40.9 Å². The molecule has 1 saturated heterocycles. The molecule has 3 aliphatic rings. The van der Waals surface area contributed by atoms with Crippen LogP contribution in [-0.4, -0.2) is 67.7 Å². The summed E-state index contributed by atoms with van der Waals surface area (Å²) in [6, 6.07) is 17.4. The largest absolute Gasteiger partial charge is 0.494 e. The third-order valence-corrected chi connectivity index (χ3v) is 7.88. The van der Waals surface area contributed by atoms with Crippen molar-refractivity contribution in [1.29, 1.82) is 0 Å². The van der Waals surface area contributed by atoms with E-state index in [0.717, 1.165) is 35.5 Å². The first-order valence-electron chi connectivity index (χ1n) is 13.9. The predicted octanol–water partition coefficient (Wildman–Crippen LogP) is 3.07. The second kappa shape index (κ2) is 11.3. The molecule has 4 bridgehead atoms. The van der Waals surface area contributed by atoms with Crippen LogP contribution < -0.4 is 10.1 Å². The van der Waals surface area contributed by atoms with Crippen molar-refractivity contribution in [3.05, 3.63) is 90.0 Å². The first kappa shape index (κ1) is 25.8. The molecule has 2 amide bonds. The second-order valence-electron chi connectivity index (χ2n) is 10.6. The average molecular weight is 540 g/mol. The standard InChI is InChI=1S/C30H33N7O3/c38-28(24-4-1-5-26(20-24)37-16-2-13-32-37)35-17-11-30(12-18-35)21-25-22-36(34-33-25)15-3-19-40-27-8-6-23(7-9-27)10-14-31-29(30)39/h1-2,4-9,13,16,20,22H,3,10-12,14-15,17-19,21H2,(H,31,39). The van der Waals surface area contributed by atoms with Gasteiger partial charge in [0.1, 0.15) is 5.75 Å². The minimum atomic E-state index is -0.657. The third kappa shape index (κ3) is 5.61. The van der Waals surface area contributed by atoms with Crippen molar-refractivity contribution in [2.24, 2.45) is 5.41 Å². The van der Waals surface area contributed by atoms with Crippen LogP contribution >= 0.6 is 0 Å². The van der Waals surface area contributed by atoms with Crippen LogP contribution in [0, 0.1) is 5.41 Å². The monoisotopic (exact) mass is 539 g/mol. The van der Waals surface area contributed by atoms with E-state index in [1.807, 2.05) is 76.6 Å². The van der Waals surface area contributed by atoms with Crippen molar-refractivity contribution in [2.75, 3.05) is 26.2 Å². The molecule has 5 heterocycles. The summed E-state index contributed by atoms with van der Waals surface area (Å²) in [5.74, 6) is 0.814. The molecule has 0 atom stereocenters. The predicted molar refractivity (Wildman–Crippen MR) is 148 cm³/mol. The number of fused-ring (bicyclic) bond motifs is 8. The molecule has 7 rings (SSSR count). The van der Waals surface area contributed by atoms with Crippen LogP contribution in [0.4, 0.5) is 0 Å². The number of carbonyl (C=O) groups is 2. The molecule has 1 fully saturated rings. The van der Waals surface area contributed by atoms with Crippen LogP contribution in [0.15, 0.2) is 73.2 Å². The fourth-order valence-electron chi connectivity index (χ4n) is 5.56. The molecule has 0 unspecified atom stereocenters. The normalized spacial score (nSPS) is 17.7. The highest BCUT2D eigenvalue weighted by molar-refractivity contribution is 5.95. The molecule has 40 heavy (non-hydrogen) atoms. The molecule has 4 aromatic rings. The lowest BCUT2D eigenvalue weighted by Crippen LogP contribution is -2.51. The molecule has 3 aliphatic heterocycles. The van der Waals surface area contributed by atoms with Crippen molar-refractivity contribution >= 4 is 11.8 Å². The number of hydrogen-bond acceptors (Lipinski definition) is 6. The van der Waals surface area contributed by atoms with Gasteiger partial charge in [-0.15, -0.1) is 5.10 Å². The highest BCUT2D eigenvalue weighted by Gasteiger charge is 2.43. The van der Waals surface area contributed by atoms with Gasteiger partial charge < -0.3 is 15.0 Å². The molecule has 1 N–H and O–H groups in total. The Hall–Kier alpha value is -4.47. The van der Waals surface area contributed by atoms with E-state index in [0.29, 0.717) is 57.6 Å². The number of nitrogens with one attached hydrogen (secondary N) is 1. The van der Waals surface area contributed by atoms with Crippen molar-refractivity contribution in [3.8, 4) is 11.4 Å². The number of ether oxygens (including phenoxy) is 1. The topological polar surface area (TPSA) is 107 Å². The average Bonchev–Trinajstić information content (AvgIpc) is 3.69. The molecule has 0 radical (unpaired) electrons. The Kier molecular flexibility index (Phi) is 7.31. The Morgan fingerprint density at radius 2 is 1.88 bits per heavy atom. The molecule has 10 heteroatoms. The van der Waals surface area contributed by atoms with Crippen LogP contribution in [0.3, 0.4) is 0 Å². The molecule has 206 valence electrons. The van der Waals surface area contributed by atoms with Crippen LogP contribution in [0.2, 0.25) is 0 Å². The lowest BCUT2D eigenvalue weighted by atomic mass is 9.73. The number of aryl methyl sites for hydroxylation is 1. The number of carbonyl (C=O) groups excluding carboxylic acids is 2. The number of nitrogens with zero attached hydrogens (tertiary/aromatic N) is 6. The van der Waals surface area contributed by atoms with Crippen LogP contribution in [0.5, 0.6) is 5.75 Å². The zero-order valence-corrected chi connectivity index (χ0v) is 22.4. The van der Waals surface area contributed by atoms with E-state index in [2.05, 4.69) is 20.7 Å². The minimum Gasteiger partial charge on any atom is -0.494 e. The van der Waals surface area contributed by atoms with Crippen molar-refractivity contribution < 1.29 is 14.3 Å². The third-order valence-electron chi connectivity index (χ3n) is 7.88. The SMILES string of the molecule is O=C(c1cccc(-n2cccn2)c1)N1CCC2(CC1)Cc1cn(nn1)CCCOc1ccc(cc1)CCNC2=O. The van der Waals surface area contributed by atoms with Crippen LogP contribution in [0.25, 0.3) is 5.69 Å². The first-order valence-corrected chi connectivity index (χ1v) is 13.9. The van der Waals surface area contributed by atoms with E-state index in [1.165, 1.54) is 0 Å². The molecule has 2 aromatic heterocycles. The molecular weight excluding hydrogens is 506 g/mol. The zero-order chi connectivity index (χ0) is 27.4. The van der Waals surface area contributed by atoms with E-state index in [-0.39, 0.29) is 11.8 Å². The van der Waals surface area contributed by atoms with Gasteiger partial charge in [-0.1, -0.05) is 23.4 Å². The summed E-state index contributed by atoms with van der Waals surface area (Å²) in [5.41, 5.74) is 2.72. The van der Waals surface area contributed by atoms with E-state index in [4.69, 9.17) is 4.74 Å². The van der Waals surface area contributed by atoms with Gasteiger partial charge in [0.05, 0.1) is 23.4 Å². The fraction of sp³-hybridized carbons (Fsp3) is 0.367. The first-order chi connectivity index (χ1) is 19.6. The van der Waals surface area contributed by atoms with Gasteiger partial charge in [0.2, 0.25) is 5.91 Å². The van der Waals surface area contributed by atoms with Gasteiger partial charge in [-0.2, -0.15) is 5.10 Å².